The van der Waals surface area contributed by atoms with Crippen molar-refractivity contribution >= 4 is 21.7 Å². The molecule has 1 aromatic heterocycles. The number of nitrogens with one attached hydrogen (secondary N) is 1. The molecule has 3 N–H and O–H groups in total. The number of benzene rings is 1. The minimum Gasteiger partial charge on any atom is -0.383 e. The first-order chi connectivity index (χ1) is 10.0. The van der Waals surface area contributed by atoms with Crippen molar-refractivity contribution in [2.75, 3.05) is 12.3 Å². The molecular weight excluding hydrogens is 333 g/mol. The fourth-order valence-electron chi connectivity index (χ4n) is 2.28. The molecule has 21 heavy (non-hydrogen) atoms. The van der Waals surface area contributed by atoms with Gasteiger partial charge >= 0.3 is 0 Å². The SMILES string of the molecule is CCCNC(c1cc(C)cnc1N)c1c(F)cccc1Br. The van der Waals surface area contributed by atoms with Crippen molar-refractivity contribution in [2.45, 2.75) is 26.3 Å². The van der Waals surface area contributed by atoms with Gasteiger partial charge in [-0.25, -0.2) is 9.37 Å². The molecule has 2 aromatic rings. The molecule has 2 rings (SSSR count). The lowest BCUT2D eigenvalue weighted by atomic mass is 9.97. The summed E-state index contributed by atoms with van der Waals surface area (Å²) in [5.41, 5.74) is 8.37. The first-order valence-electron chi connectivity index (χ1n) is 6.94. The number of nitrogen functional groups attached to an aromatic ring is 1. The molecule has 1 atom stereocenters. The van der Waals surface area contributed by atoms with E-state index in [9.17, 15) is 4.39 Å². The summed E-state index contributed by atoms with van der Waals surface area (Å²) in [6, 6.07) is 6.60. The topological polar surface area (TPSA) is 50.9 Å². The molecule has 0 fully saturated rings. The highest BCUT2D eigenvalue weighted by atomic mass is 79.9. The largest absolute Gasteiger partial charge is 0.383 e. The second-order valence-corrected chi connectivity index (χ2v) is 5.86. The predicted molar refractivity (Wildman–Crippen MR) is 87.6 cm³/mol. The lowest BCUT2D eigenvalue weighted by molar-refractivity contribution is 0.544. The minimum absolute atomic E-state index is 0.265. The van der Waals surface area contributed by atoms with E-state index >= 15 is 0 Å². The number of hydrogen-bond donors (Lipinski definition) is 2. The average molecular weight is 352 g/mol. The van der Waals surface area contributed by atoms with Crippen LogP contribution >= 0.6 is 15.9 Å². The van der Waals surface area contributed by atoms with Crippen molar-refractivity contribution in [2.24, 2.45) is 0 Å². The monoisotopic (exact) mass is 351 g/mol. The van der Waals surface area contributed by atoms with Crippen molar-refractivity contribution < 1.29 is 4.39 Å². The van der Waals surface area contributed by atoms with Gasteiger partial charge < -0.3 is 11.1 Å². The number of aromatic nitrogens is 1. The smallest absolute Gasteiger partial charge is 0.129 e. The highest BCUT2D eigenvalue weighted by Gasteiger charge is 2.22. The summed E-state index contributed by atoms with van der Waals surface area (Å²) in [6.45, 7) is 4.78. The zero-order valence-corrected chi connectivity index (χ0v) is 13.7. The zero-order valence-electron chi connectivity index (χ0n) is 12.2. The van der Waals surface area contributed by atoms with Crippen molar-refractivity contribution in [3.05, 3.63) is 57.4 Å². The van der Waals surface area contributed by atoms with Gasteiger partial charge in [0, 0.05) is 21.8 Å². The van der Waals surface area contributed by atoms with E-state index in [2.05, 4.69) is 33.2 Å². The maximum atomic E-state index is 14.3. The van der Waals surface area contributed by atoms with Gasteiger partial charge in [0.2, 0.25) is 0 Å². The zero-order chi connectivity index (χ0) is 15.4. The Bertz CT molecular complexity index is 611. The molecule has 0 bridgehead atoms. The van der Waals surface area contributed by atoms with Crippen LogP contribution in [0.25, 0.3) is 0 Å². The molecule has 0 aliphatic rings. The summed E-state index contributed by atoms with van der Waals surface area (Å²) in [5, 5.41) is 3.36. The van der Waals surface area contributed by atoms with Crippen molar-refractivity contribution in [1.29, 1.82) is 0 Å². The van der Waals surface area contributed by atoms with Crippen LogP contribution in [0.2, 0.25) is 0 Å². The molecule has 0 aliphatic carbocycles. The van der Waals surface area contributed by atoms with Crippen molar-refractivity contribution in [1.82, 2.24) is 10.3 Å². The summed E-state index contributed by atoms with van der Waals surface area (Å²) < 4.78 is 15.0. The Balaban J connectivity index is 2.55. The number of pyridine rings is 1. The van der Waals surface area contributed by atoms with E-state index in [-0.39, 0.29) is 11.9 Å². The fraction of sp³-hybridized carbons (Fsp3) is 0.312. The summed E-state index contributed by atoms with van der Waals surface area (Å²) in [4.78, 5) is 4.19. The molecular formula is C16H19BrFN3. The summed E-state index contributed by atoms with van der Waals surface area (Å²) in [7, 11) is 0. The molecule has 0 spiro atoms. The van der Waals surface area contributed by atoms with Gasteiger partial charge in [0.25, 0.3) is 0 Å². The molecule has 112 valence electrons. The third kappa shape index (κ3) is 3.60. The van der Waals surface area contributed by atoms with Crippen LogP contribution in [0.3, 0.4) is 0 Å². The summed E-state index contributed by atoms with van der Waals surface area (Å²) >= 11 is 3.44. The molecule has 0 radical (unpaired) electrons. The molecule has 5 heteroatoms. The summed E-state index contributed by atoms with van der Waals surface area (Å²) in [6.07, 6.45) is 2.66. The highest BCUT2D eigenvalue weighted by molar-refractivity contribution is 9.10. The van der Waals surface area contributed by atoms with Crippen LogP contribution < -0.4 is 11.1 Å². The molecule has 0 saturated carbocycles. The van der Waals surface area contributed by atoms with Gasteiger partial charge in [-0.1, -0.05) is 28.9 Å². The van der Waals surface area contributed by atoms with Gasteiger partial charge in [0.15, 0.2) is 0 Å². The number of halogens is 2. The Morgan fingerprint density at radius 3 is 2.86 bits per heavy atom. The van der Waals surface area contributed by atoms with Crippen LogP contribution in [0, 0.1) is 12.7 Å². The molecule has 3 nitrogen and oxygen atoms in total. The molecule has 0 saturated heterocycles. The summed E-state index contributed by atoms with van der Waals surface area (Å²) in [5.74, 6) is 0.156. The second kappa shape index (κ2) is 7.00. The van der Waals surface area contributed by atoms with E-state index < -0.39 is 0 Å². The highest BCUT2D eigenvalue weighted by Crippen LogP contribution is 2.33. The quantitative estimate of drug-likeness (QED) is 0.856. The maximum absolute atomic E-state index is 14.3. The van der Waals surface area contributed by atoms with Gasteiger partial charge in [-0.2, -0.15) is 0 Å². The van der Waals surface area contributed by atoms with E-state index in [4.69, 9.17) is 5.73 Å². The lowest BCUT2D eigenvalue weighted by Crippen LogP contribution is -2.25. The van der Waals surface area contributed by atoms with E-state index in [1.54, 1.807) is 12.3 Å². The Kier molecular flexibility index (Phi) is 5.31. The lowest BCUT2D eigenvalue weighted by Gasteiger charge is -2.22. The van der Waals surface area contributed by atoms with Crippen LogP contribution in [0.1, 0.15) is 36.1 Å². The third-order valence-corrected chi connectivity index (χ3v) is 3.98. The number of rotatable bonds is 5. The number of hydrogen-bond acceptors (Lipinski definition) is 3. The van der Waals surface area contributed by atoms with E-state index in [1.165, 1.54) is 6.07 Å². The molecule has 0 aliphatic heterocycles. The Labute approximate surface area is 132 Å². The second-order valence-electron chi connectivity index (χ2n) is 5.01. The average Bonchev–Trinajstić information content (AvgIpc) is 2.45. The molecule has 0 amide bonds. The van der Waals surface area contributed by atoms with Crippen LogP contribution in [0.5, 0.6) is 0 Å². The molecule has 1 unspecified atom stereocenters. The van der Waals surface area contributed by atoms with Gasteiger partial charge in [-0.05, 0) is 43.7 Å². The molecule has 1 aromatic carbocycles. The normalized spacial score (nSPS) is 12.4. The van der Waals surface area contributed by atoms with Gasteiger partial charge in [-0.15, -0.1) is 0 Å². The van der Waals surface area contributed by atoms with Crippen LogP contribution in [-0.4, -0.2) is 11.5 Å². The third-order valence-electron chi connectivity index (χ3n) is 3.28. The van der Waals surface area contributed by atoms with Crippen molar-refractivity contribution in [3.8, 4) is 0 Å². The van der Waals surface area contributed by atoms with Crippen LogP contribution in [0.15, 0.2) is 34.9 Å². The number of anilines is 1. The number of aryl methyl sites for hydroxylation is 1. The Morgan fingerprint density at radius 1 is 1.43 bits per heavy atom. The fourth-order valence-corrected chi connectivity index (χ4v) is 2.85. The predicted octanol–water partition coefficient (Wildman–Crippen LogP) is 3.96. The van der Waals surface area contributed by atoms with Crippen molar-refractivity contribution in [3.63, 3.8) is 0 Å². The molecule has 1 heterocycles. The van der Waals surface area contributed by atoms with Gasteiger partial charge in [0.05, 0.1) is 6.04 Å². The Hall–Kier alpha value is -1.46. The van der Waals surface area contributed by atoms with Gasteiger partial charge in [-0.3, -0.25) is 0 Å². The minimum atomic E-state index is -0.326. The van der Waals surface area contributed by atoms with Crippen LogP contribution in [-0.2, 0) is 0 Å². The number of nitrogens with zero attached hydrogens (tertiary/aromatic N) is 1. The van der Waals surface area contributed by atoms with Gasteiger partial charge in [0.1, 0.15) is 11.6 Å². The van der Waals surface area contributed by atoms with E-state index in [0.717, 1.165) is 28.6 Å². The van der Waals surface area contributed by atoms with E-state index in [1.807, 2.05) is 19.1 Å². The first kappa shape index (κ1) is 15.9. The van der Waals surface area contributed by atoms with E-state index in [0.29, 0.717) is 11.4 Å². The maximum Gasteiger partial charge on any atom is 0.129 e. The van der Waals surface area contributed by atoms with Crippen LogP contribution in [0.4, 0.5) is 10.2 Å². The standard InChI is InChI=1S/C16H19BrFN3/c1-3-7-20-15(11-8-10(2)9-21-16(11)19)14-12(17)5-4-6-13(14)18/h4-6,8-9,15,20H,3,7H2,1-2H3,(H2,19,21). The Morgan fingerprint density at radius 2 is 2.19 bits per heavy atom. The first-order valence-corrected chi connectivity index (χ1v) is 7.73. The number of nitrogens with two attached hydrogens (primary N) is 1.